The van der Waals surface area contributed by atoms with Gasteiger partial charge < -0.3 is 9.47 Å². The predicted molar refractivity (Wildman–Crippen MR) is 71.2 cm³/mol. The molecule has 1 aliphatic rings. The lowest BCUT2D eigenvalue weighted by Crippen LogP contribution is -2.32. The first-order valence-electron chi connectivity index (χ1n) is 6.46. The lowest BCUT2D eigenvalue weighted by atomic mass is 10.0. The van der Waals surface area contributed by atoms with Gasteiger partial charge >= 0.3 is 5.97 Å². The van der Waals surface area contributed by atoms with Crippen molar-refractivity contribution in [2.24, 2.45) is 5.41 Å². The number of carbonyl (C=O) groups is 1. The van der Waals surface area contributed by atoms with Gasteiger partial charge in [-0.1, -0.05) is 0 Å². The number of ether oxygens (including phenoxy) is 2. The Kier molecular flexibility index (Phi) is 6.22. The molecule has 1 saturated carbocycles. The van der Waals surface area contributed by atoms with E-state index in [9.17, 15) is 13.2 Å². The summed E-state index contributed by atoms with van der Waals surface area (Å²) < 4.78 is 35.6. The average Bonchev–Trinajstić information content (AvgIpc) is 3.14. The van der Waals surface area contributed by atoms with Gasteiger partial charge in [0.1, 0.15) is 0 Å². The van der Waals surface area contributed by atoms with E-state index in [2.05, 4.69) is 9.46 Å². The Labute approximate surface area is 114 Å². The summed E-state index contributed by atoms with van der Waals surface area (Å²) in [7, 11) is -0.363. The summed E-state index contributed by atoms with van der Waals surface area (Å²) in [5, 5.41) is 0. The monoisotopic (exact) mass is 293 g/mol. The first-order chi connectivity index (χ1) is 8.93. The molecule has 0 heterocycles. The van der Waals surface area contributed by atoms with Crippen molar-refractivity contribution in [1.29, 1.82) is 0 Å². The molecular formula is C12H23NO5S. The lowest BCUT2D eigenvalue weighted by molar-refractivity contribution is -0.140. The van der Waals surface area contributed by atoms with Gasteiger partial charge in [-0.2, -0.15) is 0 Å². The Morgan fingerprint density at radius 2 is 2.00 bits per heavy atom. The van der Waals surface area contributed by atoms with Gasteiger partial charge in [0.2, 0.25) is 10.0 Å². The van der Waals surface area contributed by atoms with Crippen molar-refractivity contribution < 1.29 is 22.7 Å². The van der Waals surface area contributed by atoms with Crippen molar-refractivity contribution in [2.45, 2.75) is 32.1 Å². The zero-order chi connectivity index (χ0) is 14.4. The molecule has 1 fully saturated rings. The molecule has 0 aromatic heterocycles. The van der Waals surface area contributed by atoms with E-state index in [0.29, 0.717) is 13.2 Å². The molecule has 0 aromatic carbocycles. The second-order valence-corrected chi connectivity index (χ2v) is 6.99. The van der Waals surface area contributed by atoms with Crippen LogP contribution in [0, 0.1) is 5.41 Å². The predicted octanol–water partition coefficient (Wildman–Crippen LogP) is 0.676. The molecule has 1 aliphatic carbocycles. The minimum Gasteiger partial charge on any atom is -0.469 e. The van der Waals surface area contributed by atoms with Gasteiger partial charge in [0.25, 0.3) is 0 Å². The van der Waals surface area contributed by atoms with Crippen LogP contribution in [0.3, 0.4) is 0 Å². The zero-order valence-electron chi connectivity index (χ0n) is 11.6. The molecular weight excluding hydrogens is 270 g/mol. The third-order valence-electron chi connectivity index (χ3n) is 3.48. The third kappa shape index (κ3) is 6.35. The molecule has 7 heteroatoms. The topological polar surface area (TPSA) is 81.7 Å². The van der Waals surface area contributed by atoms with Crippen molar-refractivity contribution >= 4 is 16.0 Å². The van der Waals surface area contributed by atoms with E-state index in [1.54, 1.807) is 7.11 Å². The molecule has 1 N–H and O–H groups in total. The SMILES string of the molecule is COCCC1(CNS(=O)(=O)CCCC(=O)OC)CC1. The van der Waals surface area contributed by atoms with E-state index in [0.717, 1.165) is 19.3 Å². The van der Waals surface area contributed by atoms with Crippen LogP contribution < -0.4 is 4.72 Å². The summed E-state index contributed by atoms with van der Waals surface area (Å²) >= 11 is 0. The maximum Gasteiger partial charge on any atom is 0.305 e. The van der Waals surface area contributed by atoms with Crippen LogP contribution in [-0.2, 0) is 24.3 Å². The Bertz CT molecular complexity index is 389. The van der Waals surface area contributed by atoms with Gasteiger partial charge in [0, 0.05) is 26.7 Å². The van der Waals surface area contributed by atoms with E-state index in [-0.39, 0.29) is 30.0 Å². The molecule has 0 aromatic rings. The first-order valence-corrected chi connectivity index (χ1v) is 8.11. The fourth-order valence-electron chi connectivity index (χ4n) is 1.85. The van der Waals surface area contributed by atoms with Gasteiger partial charge in [-0.15, -0.1) is 0 Å². The van der Waals surface area contributed by atoms with Gasteiger partial charge in [0.15, 0.2) is 0 Å². The number of esters is 1. The van der Waals surface area contributed by atoms with Crippen LogP contribution in [0.25, 0.3) is 0 Å². The molecule has 0 saturated heterocycles. The van der Waals surface area contributed by atoms with Crippen molar-refractivity contribution in [3.8, 4) is 0 Å². The molecule has 0 aliphatic heterocycles. The Morgan fingerprint density at radius 3 is 2.53 bits per heavy atom. The number of hydrogen-bond acceptors (Lipinski definition) is 5. The maximum atomic E-state index is 11.8. The Morgan fingerprint density at radius 1 is 1.32 bits per heavy atom. The van der Waals surface area contributed by atoms with Crippen LogP contribution in [0.4, 0.5) is 0 Å². The number of nitrogens with one attached hydrogen (secondary N) is 1. The Hall–Kier alpha value is -0.660. The van der Waals surface area contributed by atoms with Crippen LogP contribution >= 0.6 is 0 Å². The molecule has 112 valence electrons. The molecule has 1 rings (SSSR count). The fraction of sp³-hybridized carbons (Fsp3) is 0.917. The average molecular weight is 293 g/mol. The largest absolute Gasteiger partial charge is 0.469 e. The number of sulfonamides is 1. The highest BCUT2D eigenvalue weighted by Gasteiger charge is 2.42. The first kappa shape index (κ1) is 16.4. The van der Waals surface area contributed by atoms with Crippen LogP contribution in [0.15, 0.2) is 0 Å². The van der Waals surface area contributed by atoms with Crippen LogP contribution in [0.2, 0.25) is 0 Å². The van der Waals surface area contributed by atoms with Crippen molar-refractivity contribution in [1.82, 2.24) is 4.72 Å². The van der Waals surface area contributed by atoms with E-state index in [1.807, 2.05) is 0 Å². The molecule has 0 unspecified atom stereocenters. The molecule has 0 bridgehead atoms. The molecule has 0 atom stereocenters. The van der Waals surface area contributed by atoms with E-state index in [4.69, 9.17) is 4.74 Å². The van der Waals surface area contributed by atoms with Gasteiger partial charge in [0.05, 0.1) is 12.9 Å². The smallest absolute Gasteiger partial charge is 0.305 e. The van der Waals surface area contributed by atoms with Crippen LogP contribution in [-0.4, -0.2) is 47.5 Å². The molecule has 19 heavy (non-hydrogen) atoms. The van der Waals surface area contributed by atoms with Crippen molar-refractivity contribution in [3.05, 3.63) is 0 Å². The minimum absolute atomic E-state index is 0.0392. The lowest BCUT2D eigenvalue weighted by Gasteiger charge is -2.15. The maximum absolute atomic E-state index is 11.8. The highest BCUT2D eigenvalue weighted by Crippen LogP contribution is 2.48. The Balaban J connectivity index is 2.25. The summed E-state index contributed by atoms with van der Waals surface area (Å²) in [5.74, 6) is -0.420. The summed E-state index contributed by atoms with van der Waals surface area (Å²) in [6.45, 7) is 1.13. The van der Waals surface area contributed by atoms with E-state index < -0.39 is 10.0 Å². The van der Waals surface area contributed by atoms with E-state index >= 15 is 0 Å². The summed E-state index contributed by atoms with van der Waals surface area (Å²) in [6.07, 6.45) is 3.38. The standard InChI is InChI=1S/C12H23NO5S/c1-17-8-7-12(5-6-12)10-13-19(15,16)9-3-4-11(14)18-2/h13H,3-10H2,1-2H3. The summed E-state index contributed by atoms with van der Waals surface area (Å²) in [6, 6.07) is 0. The molecule has 0 spiro atoms. The normalized spacial score (nSPS) is 17.2. The van der Waals surface area contributed by atoms with Crippen molar-refractivity contribution in [2.75, 3.05) is 33.1 Å². The highest BCUT2D eigenvalue weighted by atomic mass is 32.2. The number of carbonyl (C=O) groups excluding carboxylic acids is 1. The van der Waals surface area contributed by atoms with Crippen LogP contribution in [0.5, 0.6) is 0 Å². The third-order valence-corrected chi connectivity index (χ3v) is 4.89. The number of rotatable bonds is 10. The van der Waals surface area contributed by atoms with Gasteiger partial charge in [-0.3, -0.25) is 4.79 Å². The quantitative estimate of drug-likeness (QED) is 0.599. The second-order valence-electron chi connectivity index (χ2n) is 5.06. The zero-order valence-corrected chi connectivity index (χ0v) is 12.4. The molecule has 0 radical (unpaired) electrons. The summed E-state index contributed by atoms with van der Waals surface area (Å²) in [4.78, 5) is 10.9. The van der Waals surface area contributed by atoms with Gasteiger partial charge in [-0.25, -0.2) is 13.1 Å². The van der Waals surface area contributed by atoms with Gasteiger partial charge in [-0.05, 0) is 31.1 Å². The van der Waals surface area contributed by atoms with Crippen LogP contribution in [0.1, 0.15) is 32.1 Å². The highest BCUT2D eigenvalue weighted by molar-refractivity contribution is 7.89. The summed E-state index contributed by atoms with van der Waals surface area (Å²) in [5.41, 5.74) is 0.0887. The van der Waals surface area contributed by atoms with E-state index in [1.165, 1.54) is 7.11 Å². The molecule has 6 nitrogen and oxygen atoms in total. The number of hydrogen-bond donors (Lipinski definition) is 1. The molecule has 0 amide bonds. The fourth-order valence-corrected chi connectivity index (χ4v) is 3.05. The minimum atomic E-state index is -3.30. The van der Waals surface area contributed by atoms with Crippen molar-refractivity contribution in [3.63, 3.8) is 0 Å². The number of methoxy groups -OCH3 is 2. The second kappa shape index (κ2) is 7.21.